The predicted octanol–water partition coefficient (Wildman–Crippen LogP) is 4.02. The van der Waals surface area contributed by atoms with Crippen molar-refractivity contribution in [3.63, 3.8) is 0 Å². The average Bonchev–Trinajstić information content (AvgIpc) is 2.94. The van der Waals surface area contributed by atoms with Gasteiger partial charge in [0, 0.05) is 23.3 Å². The minimum atomic E-state index is -0.120. The highest BCUT2D eigenvalue weighted by Gasteiger charge is 2.53. The maximum absolute atomic E-state index is 12.3. The molecule has 0 saturated heterocycles. The second-order valence-electron chi connectivity index (χ2n) is 6.60. The van der Waals surface area contributed by atoms with Crippen LogP contribution in [0.15, 0.2) is 34.9 Å². The molecule has 0 spiro atoms. The number of hydrogen-bond acceptors (Lipinski definition) is 2. The minimum Gasteiger partial charge on any atom is -0.299 e. The molecule has 114 valence electrons. The number of nitrogens with zero attached hydrogens (tertiary/aromatic N) is 1. The van der Waals surface area contributed by atoms with Gasteiger partial charge in [-0.1, -0.05) is 37.3 Å². The minimum absolute atomic E-state index is 0.109. The number of carbonyl (C=O) groups is 1. The summed E-state index contributed by atoms with van der Waals surface area (Å²) in [5.41, 5.74) is 3.63. The van der Waals surface area contributed by atoms with E-state index >= 15 is 0 Å². The van der Waals surface area contributed by atoms with Crippen LogP contribution >= 0.6 is 15.9 Å². The molecule has 0 aliphatic heterocycles. The highest BCUT2D eigenvalue weighted by Crippen LogP contribution is 2.55. The van der Waals surface area contributed by atoms with Crippen molar-refractivity contribution in [3.8, 4) is 0 Å². The van der Waals surface area contributed by atoms with Gasteiger partial charge in [0.2, 0.25) is 0 Å². The van der Waals surface area contributed by atoms with Gasteiger partial charge >= 0.3 is 0 Å². The molecule has 1 aromatic heterocycles. The largest absolute Gasteiger partial charge is 0.299 e. The van der Waals surface area contributed by atoms with Crippen LogP contribution in [0.25, 0.3) is 0 Å². The number of rotatable bonds is 1. The molecule has 3 nitrogen and oxygen atoms in total. The molecular formula is C18H19BrN2O. The molecule has 3 atom stereocenters. The van der Waals surface area contributed by atoms with Crippen molar-refractivity contribution in [1.82, 2.24) is 10.2 Å². The van der Waals surface area contributed by atoms with Crippen LogP contribution in [0, 0.1) is 11.8 Å². The molecule has 0 bridgehead atoms. The Bertz CT molecular complexity index is 724. The van der Waals surface area contributed by atoms with E-state index in [-0.39, 0.29) is 11.3 Å². The Kier molecular flexibility index (Phi) is 3.26. The molecule has 4 rings (SSSR count). The second kappa shape index (κ2) is 5.05. The summed E-state index contributed by atoms with van der Waals surface area (Å²) in [5, 5.41) is 7.78. The fourth-order valence-corrected chi connectivity index (χ4v) is 5.12. The number of H-pyrrole nitrogens is 1. The van der Waals surface area contributed by atoms with Crippen molar-refractivity contribution < 1.29 is 4.79 Å². The van der Waals surface area contributed by atoms with E-state index in [4.69, 9.17) is 0 Å². The van der Waals surface area contributed by atoms with E-state index < -0.39 is 0 Å². The molecule has 0 amide bonds. The third-order valence-electron chi connectivity index (χ3n) is 5.74. The normalized spacial score (nSPS) is 30.7. The SMILES string of the molecule is C[C@@H]1C(=O)CC[C@]2(c3ccccc3)c3n[nH]c(Br)c3CC[C@@H]12. The van der Waals surface area contributed by atoms with E-state index in [1.807, 2.05) is 0 Å². The Hall–Kier alpha value is -1.42. The van der Waals surface area contributed by atoms with E-state index in [2.05, 4.69) is 63.4 Å². The van der Waals surface area contributed by atoms with Crippen LogP contribution in [-0.2, 0) is 16.6 Å². The number of aromatic amines is 1. The van der Waals surface area contributed by atoms with Crippen LogP contribution < -0.4 is 0 Å². The molecule has 1 N–H and O–H groups in total. The van der Waals surface area contributed by atoms with Gasteiger partial charge in [-0.25, -0.2) is 0 Å². The van der Waals surface area contributed by atoms with Gasteiger partial charge in [0.15, 0.2) is 0 Å². The monoisotopic (exact) mass is 358 g/mol. The van der Waals surface area contributed by atoms with Gasteiger partial charge < -0.3 is 0 Å². The molecule has 1 aromatic carbocycles. The van der Waals surface area contributed by atoms with Crippen LogP contribution in [0.2, 0.25) is 0 Å². The van der Waals surface area contributed by atoms with Crippen LogP contribution in [0.1, 0.15) is 43.0 Å². The lowest BCUT2D eigenvalue weighted by Gasteiger charge is -2.49. The molecule has 1 fully saturated rings. The Morgan fingerprint density at radius 2 is 2.05 bits per heavy atom. The van der Waals surface area contributed by atoms with Crippen molar-refractivity contribution >= 4 is 21.7 Å². The van der Waals surface area contributed by atoms with Gasteiger partial charge in [-0.3, -0.25) is 9.89 Å². The number of halogens is 1. The lowest BCUT2D eigenvalue weighted by atomic mass is 9.53. The lowest BCUT2D eigenvalue weighted by Crippen LogP contribution is -2.49. The van der Waals surface area contributed by atoms with Gasteiger partial charge in [0.05, 0.1) is 5.69 Å². The standard InChI is InChI=1S/C18H19BrN2O/c1-11-14-8-7-13-16(20-21-17(13)19)18(14,10-9-15(11)22)12-5-3-2-4-6-12/h2-6,11,14H,7-10H2,1H3,(H,20,21)/t11-,14-,18+/m0/s1. The third-order valence-corrected chi connectivity index (χ3v) is 6.40. The van der Waals surface area contributed by atoms with Crippen LogP contribution in [0.4, 0.5) is 0 Å². The number of nitrogens with one attached hydrogen (secondary N) is 1. The molecule has 22 heavy (non-hydrogen) atoms. The maximum atomic E-state index is 12.3. The number of benzene rings is 1. The van der Waals surface area contributed by atoms with E-state index in [1.165, 1.54) is 11.1 Å². The Morgan fingerprint density at radius 1 is 1.27 bits per heavy atom. The van der Waals surface area contributed by atoms with Gasteiger partial charge in [0.25, 0.3) is 0 Å². The summed E-state index contributed by atoms with van der Waals surface area (Å²) in [6.45, 7) is 2.11. The zero-order valence-corrected chi connectivity index (χ0v) is 14.2. The van der Waals surface area contributed by atoms with Gasteiger partial charge in [-0.05, 0) is 46.7 Å². The molecule has 2 aliphatic carbocycles. The number of ketones is 1. The first-order valence-corrected chi connectivity index (χ1v) is 8.75. The Morgan fingerprint density at radius 3 is 2.82 bits per heavy atom. The lowest BCUT2D eigenvalue weighted by molar-refractivity contribution is -0.128. The predicted molar refractivity (Wildman–Crippen MR) is 88.7 cm³/mol. The molecule has 4 heteroatoms. The van der Waals surface area contributed by atoms with Crippen LogP contribution in [-0.4, -0.2) is 16.0 Å². The maximum Gasteiger partial charge on any atom is 0.136 e. The first kappa shape index (κ1) is 14.2. The summed E-state index contributed by atoms with van der Waals surface area (Å²) in [6, 6.07) is 10.6. The number of hydrogen-bond donors (Lipinski definition) is 1. The molecule has 2 aromatic rings. The zero-order chi connectivity index (χ0) is 15.3. The summed E-state index contributed by atoms with van der Waals surface area (Å²) >= 11 is 3.61. The molecule has 1 heterocycles. The highest BCUT2D eigenvalue weighted by molar-refractivity contribution is 9.10. The fourth-order valence-electron chi connectivity index (χ4n) is 4.65. The fraction of sp³-hybridized carbons (Fsp3) is 0.444. The third kappa shape index (κ3) is 1.79. The summed E-state index contributed by atoms with van der Waals surface area (Å²) in [7, 11) is 0. The number of Topliss-reactive ketones (excluding diaryl/α,β-unsaturated/α-hetero) is 1. The average molecular weight is 359 g/mol. The number of fused-ring (bicyclic) bond motifs is 3. The second-order valence-corrected chi connectivity index (χ2v) is 7.40. The van der Waals surface area contributed by atoms with Crippen molar-refractivity contribution in [1.29, 1.82) is 0 Å². The number of carbonyl (C=O) groups excluding carboxylic acids is 1. The first-order valence-electron chi connectivity index (χ1n) is 7.96. The van der Waals surface area contributed by atoms with Gasteiger partial charge in [0.1, 0.15) is 10.4 Å². The van der Waals surface area contributed by atoms with Crippen LogP contribution in [0.5, 0.6) is 0 Å². The summed E-state index contributed by atoms with van der Waals surface area (Å²) < 4.78 is 1.00. The summed E-state index contributed by atoms with van der Waals surface area (Å²) in [5.74, 6) is 0.867. The van der Waals surface area contributed by atoms with Crippen LogP contribution in [0.3, 0.4) is 0 Å². The molecular weight excluding hydrogens is 340 g/mol. The topological polar surface area (TPSA) is 45.8 Å². The molecule has 0 radical (unpaired) electrons. The van der Waals surface area contributed by atoms with Crippen molar-refractivity contribution in [2.24, 2.45) is 11.8 Å². The smallest absolute Gasteiger partial charge is 0.136 e. The first-order chi connectivity index (χ1) is 10.6. The van der Waals surface area contributed by atoms with Gasteiger partial charge in [-0.15, -0.1) is 0 Å². The van der Waals surface area contributed by atoms with Gasteiger partial charge in [-0.2, -0.15) is 5.10 Å². The highest BCUT2D eigenvalue weighted by atomic mass is 79.9. The van der Waals surface area contributed by atoms with Crippen molar-refractivity contribution in [2.75, 3.05) is 0 Å². The summed E-state index contributed by atoms with van der Waals surface area (Å²) in [4.78, 5) is 12.3. The zero-order valence-electron chi connectivity index (χ0n) is 12.6. The van der Waals surface area contributed by atoms with Crippen molar-refractivity contribution in [3.05, 3.63) is 51.8 Å². The summed E-state index contributed by atoms with van der Waals surface area (Å²) in [6.07, 6.45) is 3.56. The van der Waals surface area contributed by atoms with Crippen molar-refractivity contribution in [2.45, 2.75) is 38.0 Å². The Labute approximate surface area is 138 Å². The van der Waals surface area contributed by atoms with E-state index in [0.717, 1.165) is 29.6 Å². The Balaban J connectivity index is 1.97. The molecule has 0 unspecified atom stereocenters. The van der Waals surface area contributed by atoms with E-state index in [9.17, 15) is 4.79 Å². The van der Waals surface area contributed by atoms with E-state index in [1.54, 1.807) is 0 Å². The quantitative estimate of drug-likeness (QED) is 0.836. The number of aromatic nitrogens is 2. The molecule has 1 saturated carbocycles. The van der Waals surface area contributed by atoms with E-state index in [0.29, 0.717) is 18.1 Å². The molecule has 2 aliphatic rings.